The van der Waals surface area contributed by atoms with Crippen LogP contribution in [0.2, 0.25) is 0 Å². The summed E-state index contributed by atoms with van der Waals surface area (Å²) in [4.78, 5) is 26.6. The van der Waals surface area contributed by atoms with Crippen molar-refractivity contribution >= 4 is 23.2 Å². The lowest BCUT2D eigenvalue weighted by atomic mass is 9.48. The molecule has 0 saturated heterocycles. The van der Waals surface area contributed by atoms with Gasteiger partial charge in [-0.1, -0.05) is 0 Å². The van der Waals surface area contributed by atoms with Crippen molar-refractivity contribution in [2.75, 3.05) is 6.61 Å². The Balaban J connectivity index is 1.32. The first-order valence-electron chi connectivity index (χ1n) is 9.88. The zero-order valence-electron chi connectivity index (χ0n) is 16.0. The second-order valence-electron chi connectivity index (χ2n) is 8.97. The Bertz CT molecular complexity index is 688. The van der Waals surface area contributed by atoms with Gasteiger partial charge in [0.15, 0.2) is 6.61 Å². The molecule has 4 aliphatic rings. The van der Waals surface area contributed by atoms with Crippen LogP contribution in [0.15, 0.2) is 6.07 Å². The van der Waals surface area contributed by atoms with Crippen LogP contribution in [0.3, 0.4) is 0 Å². The van der Waals surface area contributed by atoms with E-state index >= 15 is 0 Å². The summed E-state index contributed by atoms with van der Waals surface area (Å²) >= 11 is 1.57. The summed E-state index contributed by atoms with van der Waals surface area (Å²) in [6, 6.07) is 1.99. The monoisotopic (exact) mass is 375 g/mol. The van der Waals surface area contributed by atoms with Crippen molar-refractivity contribution in [3.8, 4) is 0 Å². The number of amides is 1. The van der Waals surface area contributed by atoms with E-state index in [1.165, 1.54) is 38.5 Å². The smallest absolute Gasteiger partial charge is 0.339 e. The van der Waals surface area contributed by atoms with Gasteiger partial charge in [-0.15, -0.1) is 11.3 Å². The van der Waals surface area contributed by atoms with Crippen LogP contribution in [0.4, 0.5) is 0 Å². The highest BCUT2D eigenvalue weighted by Crippen LogP contribution is 2.61. The second kappa shape index (κ2) is 6.66. The van der Waals surface area contributed by atoms with E-state index in [9.17, 15) is 9.59 Å². The number of rotatable bonds is 5. The average molecular weight is 376 g/mol. The molecule has 1 N–H and O–H groups in total. The van der Waals surface area contributed by atoms with Crippen molar-refractivity contribution in [2.45, 2.75) is 65.3 Å². The molecule has 1 atom stereocenters. The zero-order valence-corrected chi connectivity index (χ0v) is 16.8. The summed E-state index contributed by atoms with van der Waals surface area (Å²) < 4.78 is 5.26. The number of thiophene rings is 1. The van der Waals surface area contributed by atoms with Crippen LogP contribution in [-0.4, -0.2) is 24.5 Å². The van der Waals surface area contributed by atoms with Gasteiger partial charge in [0.2, 0.25) is 0 Å². The van der Waals surface area contributed by atoms with Crippen LogP contribution in [0, 0.1) is 37.0 Å². The second-order valence-corrected chi connectivity index (χ2v) is 10.4. The zero-order chi connectivity index (χ0) is 18.5. The predicted octanol–water partition coefficient (Wildman–Crippen LogP) is 4.24. The number of ether oxygens (including phenoxy) is 1. The topological polar surface area (TPSA) is 55.4 Å². The maximum Gasteiger partial charge on any atom is 0.339 e. The van der Waals surface area contributed by atoms with E-state index in [4.69, 9.17) is 4.74 Å². The minimum Gasteiger partial charge on any atom is -0.452 e. The van der Waals surface area contributed by atoms with Gasteiger partial charge < -0.3 is 10.1 Å². The van der Waals surface area contributed by atoms with Gasteiger partial charge in [0.05, 0.1) is 5.56 Å². The maximum atomic E-state index is 12.4. The Kier molecular flexibility index (Phi) is 4.62. The van der Waals surface area contributed by atoms with Gasteiger partial charge in [0.25, 0.3) is 5.91 Å². The molecule has 0 unspecified atom stereocenters. The van der Waals surface area contributed by atoms with E-state index in [0.717, 1.165) is 27.5 Å². The lowest BCUT2D eigenvalue weighted by Gasteiger charge is -2.59. The van der Waals surface area contributed by atoms with Crippen LogP contribution < -0.4 is 5.32 Å². The summed E-state index contributed by atoms with van der Waals surface area (Å²) in [7, 11) is 0. The van der Waals surface area contributed by atoms with E-state index in [-0.39, 0.29) is 24.0 Å². The number of hydrogen-bond donors (Lipinski definition) is 1. The number of carbonyl (C=O) groups is 2. The van der Waals surface area contributed by atoms with E-state index in [2.05, 4.69) is 12.2 Å². The fraction of sp³-hybridized carbons (Fsp3) is 0.714. The molecule has 4 nitrogen and oxygen atoms in total. The van der Waals surface area contributed by atoms with Crippen LogP contribution >= 0.6 is 11.3 Å². The normalized spacial score (nSPS) is 33.1. The highest BCUT2D eigenvalue weighted by atomic mass is 32.1. The molecular weight excluding hydrogens is 346 g/mol. The third-order valence-electron chi connectivity index (χ3n) is 6.98. The highest BCUT2D eigenvalue weighted by molar-refractivity contribution is 7.12. The molecule has 4 fully saturated rings. The summed E-state index contributed by atoms with van der Waals surface area (Å²) in [5, 5.41) is 3.15. The van der Waals surface area contributed by atoms with Crippen molar-refractivity contribution in [1.82, 2.24) is 5.32 Å². The van der Waals surface area contributed by atoms with Crippen LogP contribution in [0.5, 0.6) is 0 Å². The Labute approximate surface area is 159 Å². The Hall–Kier alpha value is -1.36. The molecule has 5 heteroatoms. The van der Waals surface area contributed by atoms with E-state index in [1.807, 2.05) is 19.9 Å². The molecule has 4 aliphatic carbocycles. The molecule has 4 saturated carbocycles. The number of nitrogens with one attached hydrogen (secondary N) is 1. The first kappa shape index (κ1) is 18.0. The first-order chi connectivity index (χ1) is 12.3. The van der Waals surface area contributed by atoms with Gasteiger partial charge in [0, 0.05) is 15.8 Å². The molecule has 26 heavy (non-hydrogen) atoms. The summed E-state index contributed by atoms with van der Waals surface area (Å²) in [6.45, 7) is 5.83. The molecule has 4 bridgehead atoms. The average Bonchev–Trinajstić information content (AvgIpc) is 2.90. The van der Waals surface area contributed by atoms with Crippen molar-refractivity contribution in [1.29, 1.82) is 0 Å². The minimum absolute atomic E-state index is 0.159. The van der Waals surface area contributed by atoms with Gasteiger partial charge >= 0.3 is 5.97 Å². The molecular formula is C21H29NO3S. The molecule has 142 valence electrons. The van der Waals surface area contributed by atoms with Crippen molar-refractivity contribution in [2.24, 2.45) is 23.2 Å². The molecule has 1 aromatic heterocycles. The Morgan fingerprint density at radius 1 is 1.19 bits per heavy atom. The minimum atomic E-state index is -0.399. The SMILES string of the molecule is Cc1cc(C(=O)OCC(=O)N[C@H](C)C23CC4CC(CC(C4)C2)C3)c(C)s1. The molecule has 0 radical (unpaired) electrons. The Morgan fingerprint density at radius 2 is 1.77 bits per heavy atom. The fourth-order valence-electron chi connectivity index (χ4n) is 6.19. The summed E-state index contributed by atoms with van der Waals surface area (Å²) in [5.41, 5.74) is 0.851. The molecule has 1 heterocycles. The van der Waals surface area contributed by atoms with Gasteiger partial charge in [0.1, 0.15) is 0 Å². The van der Waals surface area contributed by atoms with Gasteiger partial charge in [-0.3, -0.25) is 4.79 Å². The first-order valence-corrected chi connectivity index (χ1v) is 10.7. The highest BCUT2D eigenvalue weighted by Gasteiger charge is 2.53. The van der Waals surface area contributed by atoms with E-state index in [0.29, 0.717) is 5.56 Å². The standard InChI is InChI=1S/C21H29NO3S/c1-12-4-18(13(2)26-12)20(24)25-11-19(23)22-14(3)21-8-15-5-16(9-21)7-17(6-15)10-21/h4,14-17H,5-11H2,1-3H3,(H,22,23)/t14-,15?,16?,17?,21?/m1/s1. The van der Waals surface area contributed by atoms with Gasteiger partial charge in [-0.2, -0.15) is 0 Å². The van der Waals surface area contributed by atoms with Crippen molar-refractivity contribution in [3.63, 3.8) is 0 Å². The third kappa shape index (κ3) is 3.30. The van der Waals surface area contributed by atoms with E-state index < -0.39 is 5.97 Å². The molecule has 1 aromatic rings. The number of esters is 1. The van der Waals surface area contributed by atoms with Gasteiger partial charge in [-0.25, -0.2) is 4.79 Å². The molecule has 1 amide bonds. The quantitative estimate of drug-likeness (QED) is 0.783. The van der Waals surface area contributed by atoms with E-state index in [1.54, 1.807) is 11.3 Å². The van der Waals surface area contributed by atoms with Crippen LogP contribution in [0.25, 0.3) is 0 Å². The molecule has 5 rings (SSSR count). The number of aryl methyl sites for hydroxylation is 2. The van der Waals surface area contributed by atoms with Crippen molar-refractivity contribution < 1.29 is 14.3 Å². The molecule has 0 aliphatic heterocycles. The number of hydrogen-bond acceptors (Lipinski definition) is 4. The molecule has 0 aromatic carbocycles. The largest absolute Gasteiger partial charge is 0.452 e. The summed E-state index contributed by atoms with van der Waals surface area (Å²) in [6.07, 6.45) is 7.97. The van der Waals surface area contributed by atoms with Crippen LogP contribution in [0.1, 0.15) is 65.6 Å². The fourth-order valence-corrected chi connectivity index (χ4v) is 7.10. The summed E-state index contributed by atoms with van der Waals surface area (Å²) in [5.74, 6) is 2.02. The predicted molar refractivity (Wildman–Crippen MR) is 102 cm³/mol. The lowest BCUT2D eigenvalue weighted by Crippen LogP contribution is -2.56. The van der Waals surface area contributed by atoms with Crippen molar-refractivity contribution in [3.05, 3.63) is 21.4 Å². The number of carbonyl (C=O) groups excluding carboxylic acids is 2. The van der Waals surface area contributed by atoms with Gasteiger partial charge in [-0.05, 0) is 88.5 Å². The maximum absolute atomic E-state index is 12.4. The molecule has 0 spiro atoms. The lowest BCUT2D eigenvalue weighted by molar-refractivity contribution is -0.128. The third-order valence-corrected chi connectivity index (χ3v) is 7.94. The Morgan fingerprint density at radius 3 is 2.27 bits per heavy atom. The van der Waals surface area contributed by atoms with Crippen LogP contribution in [-0.2, 0) is 9.53 Å².